The molecule has 4 heterocycles. The Kier molecular flexibility index (Phi) is 23.9. The van der Waals surface area contributed by atoms with Crippen LogP contribution in [-0.4, -0.2) is 177 Å². The molecule has 1 unspecified atom stereocenters. The van der Waals surface area contributed by atoms with Crippen LogP contribution in [0.4, 0.5) is 16.3 Å². The lowest BCUT2D eigenvalue weighted by atomic mass is 9.91. The number of hydrogen-bond donors (Lipinski definition) is 7. The van der Waals surface area contributed by atoms with Crippen LogP contribution < -0.4 is 43.7 Å². The van der Waals surface area contributed by atoms with E-state index in [1.165, 1.54) is 4.57 Å². The molecule has 10 N–H and O–H groups in total. The summed E-state index contributed by atoms with van der Waals surface area (Å²) in [5.41, 5.74) is 14.9. The van der Waals surface area contributed by atoms with Crippen LogP contribution in [0.1, 0.15) is 62.1 Å². The van der Waals surface area contributed by atoms with Gasteiger partial charge in [0.1, 0.15) is 23.8 Å². The Labute approximate surface area is 435 Å². The maximum Gasteiger partial charge on any atom is 0.410 e. The number of aromatic amines is 1. The largest absolute Gasteiger partial charge is 0.463 e. The summed E-state index contributed by atoms with van der Waals surface area (Å²) in [6.07, 6.45) is 3.01. The number of nitrogens with two attached hydrogens (primary N) is 3. The average molecular weight is 1050 g/mol. The predicted octanol–water partition coefficient (Wildman–Crippen LogP) is 1.17. The van der Waals surface area contributed by atoms with Gasteiger partial charge in [0.25, 0.3) is 0 Å². The lowest BCUT2D eigenvalue weighted by Crippen LogP contribution is -2.70. The SMILES string of the molecule is CCCCOc1nc(N)c2[nH]c(=O)n(Cc3ccc(CN4CC5(C4)CN(C(=O)OCc4ccc(NC(=O)C(CCCCN)NC(=O)CNC(=O)CCOCCOCCOCCOCCON)cc4)CCO5)cc3)c2n1. The molecule has 4 amide bonds. The van der Waals surface area contributed by atoms with E-state index in [0.29, 0.717) is 135 Å². The van der Waals surface area contributed by atoms with E-state index in [2.05, 4.69) is 47.6 Å². The second-order valence-electron chi connectivity index (χ2n) is 18.2. The Balaban J connectivity index is 0.859. The molecule has 2 fully saturated rings. The number of fused-ring (bicyclic) bond motifs is 1. The van der Waals surface area contributed by atoms with E-state index < -0.39 is 29.6 Å². The lowest BCUT2D eigenvalue weighted by Gasteiger charge is -2.53. The van der Waals surface area contributed by atoms with Crippen LogP contribution in [-0.2, 0) is 67.3 Å². The van der Waals surface area contributed by atoms with E-state index in [9.17, 15) is 24.0 Å². The zero-order valence-corrected chi connectivity index (χ0v) is 42.9. The average Bonchev–Trinajstić information content (AvgIpc) is 3.71. The Morgan fingerprint density at radius 3 is 2.12 bits per heavy atom. The topological polar surface area (TPSA) is 326 Å². The number of likely N-dealkylation sites (tertiary alicyclic amines) is 1. The minimum absolute atomic E-state index is 0.0236. The number of benzene rings is 2. The highest BCUT2D eigenvalue weighted by Crippen LogP contribution is 2.31. The van der Waals surface area contributed by atoms with Gasteiger partial charge in [0.15, 0.2) is 11.5 Å². The number of rotatable bonds is 34. The third-order valence-electron chi connectivity index (χ3n) is 12.2. The van der Waals surface area contributed by atoms with Gasteiger partial charge < -0.3 is 75.3 Å². The molecule has 2 aromatic heterocycles. The molecule has 6 rings (SSSR count). The van der Waals surface area contributed by atoms with Crippen molar-refractivity contribution < 1.29 is 57.2 Å². The smallest absolute Gasteiger partial charge is 0.410 e. The number of amides is 4. The molecule has 0 radical (unpaired) electrons. The summed E-state index contributed by atoms with van der Waals surface area (Å²) in [7, 11) is 0. The number of morpholine rings is 1. The van der Waals surface area contributed by atoms with Gasteiger partial charge in [0, 0.05) is 38.3 Å². The number of nitrogens with one attached hydrogen (secondary N) is 4. The Hall–Kier alpha value is -6.29. The molecule has 75 heavy (non-hydrogen) atoms. The maximum absolute atomic E-state index is 13.4. The number of nitrogens with zero attached hydrogens (tertiary/aromatic N) is 5. The van der Waals surface area contributed by atoms with E-state index in [4.69, 9.17) is 50.5 Å². The van der Waals surface area contributed by atoms with Crippen LogP contribution in [0.15, 0.2) is 53.3 Å². The zero-order chi connectivity index (χ0) is 53.3. The van der Waals surface area contributed by atoms with Gasteiger partial charge in [-0.15, -0.1) is 0 Å². The Morgan fingerprint density at radius 2 is 1.45 bits per heavy atom. The van der Waals surface area contributed by atoms with Crippen molar-refractivity contribution in [2.75, 3.05) is 123 Å². The first kappa shape index (κ1) is 58.0. The number of anilines is 2. The summed E-state index contributed by atoms with van der Waals surface area (Å²) < 4.78 is 40.6. The maximum atomic E-state index is 13.4. The first-order valence-corrected chi connectivity index (χ1v) is 25.5. The van der Waals surface area contributed by atoms with Crippen molar-refractivity contribution in [2.45, 2.75) is 76.8 Å². The molecule has 1 atom stereocenters. The number of unbranched alkanes of at least 4 members (excludes halogenated alkanes) is 2. The summed E-state index contributed by atoms with van der Waals surface area (Å²) in [6, 6.07) is 14.2. The van der Waals surface area contributed by atoms with Gasteiger partial charge in [0.05, 0.1) is 92.3 Å². The molecule has 25 nitrogen and oxygen atoms in total. The molecule has 412 valence electrons. The molecule has 2 saturated heterocycles. The molecule has 2 aliphatic rings. The predicted molar refractivity (Wildman–Crippen MR) is 275 cm³/mol. The van der Waals surface area contributed by atoms with Crippen LogP contribution in [0.3, 0.4) is 0 Å². The van der Waals surface area contributed by atoms with Crippen molar-refractivity contribution in [3.63, 3.8) is 0 Å². The molecule has 4 aromatic rings. The first-order chi connectivity index (χ1) is 36.5. The molecule has 0 saturated carbocycles. The highest BCUT2D eigenvalue weighted by molar-refractivity contribution is 5.97. The summed E-state index contributed by atoms with van der Waals surface area (Å²) >= 11 is 0. The molecule has 0 aliphatic carbocycles. The van der Waals surface area contributed by atoms with Crippen molar-refractivity contribution in [1.82, 2.24) is 40.0 Å². The van der Waals surface area contributed by atoms with E-state index in [1.807, 2.05) is 24.3 Å². The molecule has 25 heteroatoms. The third-order valence-corrected chi connectivity index (χ3v) is 12.2. The van der Waals surface area contributed by atoms with E-state index in [0.717, 1.165) is 29.5 Å². The molecular formula is C50H74N12O13. The van der Waals surface area contributed by atoms with Gasteiger partial charge in [-0.2, -0.15) is 9.97 Å². The minimum Gasteiger partial charge on any atom is -0.463 e. The van der Waals surface area contributed by atoms with Crippen molar-refractivity contribution in [2.24, 2.45) is 11.6 Å². The van der Waals surface area contributed by atoms with Gasteiger partial charge in [-0.25, -0.2) is 15.5 Å². The second-order valence-corrected chi connectivity index (χ2v) is 18.2. The lowest BCUT2D eigenvalue weighted by molar-refractivity contribution is -0.181. The number of ether oxygens (including phenoxy) is 7. The van der Waals surface area contributed by atoms with Crippen molar-refractivity contribution in [1.29, 1.82) is 0 Å². The Morgan fingerprint density at radius 1 is 0.800 bits per heavy atom. The summed E-state index contributed by atoms with van der Waals surface area (Å²) in [5.74, 6) is 3.75. The fraction of sp³-hybridized carbons (Fsp3) is 0.580. The zero-order valence-electron chi connectivity index (χ0n) is 42.9. The molecular weight excluding hydrogens is 977 g/mol. The number of carbonyl (C=O) groups excluding carboxylic acids is 4. The fourth-order valence-electron chi connectivity index (χ4n) is 8.27. The third kappa shape index (κ3) is 19.1. The number of imidazole rings is 1. The van der Waals surface area contributed by atoms with Crippen LogP contribution in [0, 0.1) is 0 Å². The fourth-order valence-corrected chi connectivity index (χ4v) is 8.27. The second kappa shape index (κ2) is 30.9. The number of H-pyrrole nitrogens is 1. The first-order valence-electron chi connectivity index (χ1n) is 25.5. The van der Waals surface area contributed by atoms with Crippen LogP contribution in [0.2, 0.25) is 0 Å². The number of aromatic nitrogens is 4. The Bertz CT molecular complexity index is 2450. The van der Waals surface area contributed by atoms with Crippen molar-refractivity contribution in [3.8, 4) is 6.01 Å². The quantitative estimate of drug-likeness (QED) is 0.0255. The van der Waals surface area contributed by atoms with Crippen LogP contribution >= 0.6 is 0 Å². The van der Waals surface area contributed by atoms with Gasteiger partial charge in [0.2, 0.25) is 17.7 Å². The van der Waals surface area contributed by atoms with Gasteiger partial charge in [-0.3, -0.25) is 23.9 Å². The van der Waals surface area contributed by atoms with E-state index in [-0.39, 0.29) is 62.8 Å². The highest BCUT2D eigenvalue weighted by Gasteiger charge is 2.48. The van der Waals surface area contributed by atoms with Crippen molar-refractivity contribution >= 4 is 46.5 Å². The molecule has 0 bridgehead atoms. The number of nitrogen functional groups attached to an aromatic ring is 1. The molecule has 2 aromatic carbocycles. The summed E-state index contributed by atoms with van der Waals surface area (Å²) in [6.45, 7) is 9.24. The van der Waals surface area contributed by atoms with Gasteiger partial charge in [-0.1, -0.05) is 49.7 Å². The molecule has 2 aliphatic heterocycles. The van der Waals surface area contributed by atoms with E-state index in [1.54, 1.807) is 29.2 Å². The van der Waals surface area contributed by atoms with Crippen LogP contribution in [0.5, 0.6) is 6.01 Å². The monoisotopic (exact) mass is 1050 g/mol. The van der Waals surface area contributed by atoms with Crippen LogP contribution in [0.25, 0.3) is 11.2 Å². The molecule has 1 spiro atoms. The van der Waals surface area contributed by atoms with Gasteiger partial charge in [-0.05, 0) is 61.1 Å². The normalized spacial score (nSPS) is 14.6. The number of hydrogen-bond acceptors (Lipinski definition) is 19. The minimum atomic E-state index is -0.869. The summed E-state index contributed by atoms with van der Waals surface area (Å²) in [5, 5.41) is 8.12. The highest BCUT2D eigenvalue weighted by atomic mass is 16.6. The van der Waals surface area contributed by atoms with Crippen molar-refractivity contribution in [3.05, 3.63) is 75.7 Å². The summed E-state index contributed by atoms with van der Waals surface area (Å²) in [4.78, 5) is 84.4. The number of carbonyl (C=O) groups is 4. The van der Waals surface area contributed by atoms with E-state index >= 15 is 0 Å². The standard InChI is InChI=1S/C50H74N12O13/c1-2-3-18-72-47-58-44(52)43-45(59-47)62(48(66)57-43)31-37-9-7-36(8-10-37)30-60-33-50(34-60)35-61(17-20-74-50)49(67)73-32-38-11-13-39(14-12-38)55-46(65)40(6-4-5-16-51)56-42(64)29-54-41(63)15-19-68-21-22-69-23-24-70-25-26-71-27-28-75-53/h7-14,40H,2-6,15-35,51,53H2,1H3,(H,54,63)(H,55,65)(H,56,64)(H,57,66)(H2,52,58,59). The van der Waals surface area contributed by atoms with Gasteiger partial charge >= 0.3 is 17.8 Å².